The fourth-order valence-electron chi connectivity index (χ4n) is 3.22. The van der Waals surface area contributed by atoms with E-state index in [1.807, 2.05) is 0 Å². The SMILES string of the molecule is CCNC(c1ccc(C)cc1)C(C)N1CCN(C)C(C)C1. The summed E-state index contributed by atoms with van der Waals surface area (Å²) >= 11 is 0. The highest BCUT2D eigenvalue weighted by molar-refractivity contribution is 5.25. The molecule has 1 aliphatic rings. The first-order chi connectivity index (χ1) is 10.0. The normalized spacial score (nSPS) is 24.0. The van der Waals surface area contributed by atoms with E-state index >= 15 is 0 Å². The summed E-state index contributed by atoms with van der Waals surface area (Å²) in [6.45, 7) is 13.5. The highest BCUT2D eigenvalue weighted by atomic mass is 15.3. The van der Waals surface area contributed by atoms with Crippen molar-refractivity contribution in [3.05, 3.63) is 35.4 Å². The van der Waals surface area contributed by atoms with E-state index < -0.39 is 0 Å². The molecule has 0 aliphatic carbocycles. The van der Waals surface area contributed by atoms with E-state index in [1.165, 1.54) is 11.1 Å². The standard InChI is InChI=1S/C18H31N3/c1-6-19-18(17-9-7-14(2)8-10-17)16(4)21-12-11-20(5)15(3)13-21/h7-10,15-16,18-19H,6,11-13H2,1-5H3. The largest absolute Gasteiger partial charge is 0.309 e. The molecule has 3 nitrogen and oxygen atoms in total. The van der Waals surface area contributed by atoms with Crippen LogP contribution in [0.3, 0.4) is 0 Å². The molecule has 0 spiro atoms. The van der Waals surface area contributed by atoms with Crippen molar-refractivity contribution in [2.24, 2.45) is 0 Å². The second kappa shape index (κ2) is 7.39. The predicted octanol–water partition coefficient (Wildman–Crippen LogP) is 2.67. The fraction of sp³-hybridized carbons (Fsp3) is 0.667. The Labute approximate surface area is 130 Å². The zero-order valence-corrected chi connectivity index (χ0v) is 14.3. The van der Waals surface area contributed by atoms with Crippen molar-refractivity contribution in [2.75, 3.05) is 33.2 Å². The summed E-state index contributed by atoms with van der Waals surface area (Å²) < 4.78 is 0. The predicted molar refractivity (Wildman–Crippen MR) is 90.7 cm³/mol. The number of likely N-dealkylation sites (N-methyl/N-ethyl adjacent to an activating group) is 2. The fourth-order valence-corrected chi connectivity index (χ4v) is 3.22. The van der Waals surface area contributed by atoms with Crippen LogP contribution in [0.25, 0.3) is 0 Å². The summed E-state index contributed by atoms with van der Waals surface area (Å²) in [4.78, 5) is 5.09. The molecule has 1 aliphatic heterocycles. The number of rotatable bonds is 5. The number of benzene rings is 1. The van der Waals surface area contributed by atoms with Gasteiger partial charge in [-0.3, -0.25) is 4.90 Å². The van der Waals surface area contributed by atoms with Crippen LogP contribution >= 0.6 is 0 Å². The topological polar surface area (TPSA) is 18.5 Å². The molecule has 0 saturated carbocycles. The Morgan fingerprint density at radius 3 is 2.48 bits per heavy atom. The van der Waals surface area contributed by atoms with Gasteiger partial charge in [-0.2, -0.15) is 0 Å². The van der Waals surface area contributed by atoms with Crippen molar-refractivity contribution < 1.29 is 0 Å². The van der Waals surface area contributed by atoms with Crippen molar-refractivity contribution in [2.45, 2.75) is 45.8 Å². The molecule has 1 fully saturated rings. The Hall–Kier alpha value is -0.900. The lowest BCUT2D eigenvalue weighted by Gasteiger charge is -2.43. The van der Waals surface area contributed by atoms with Gasteiger partial charge in [-0.05, 0) is 39.9 Å². The number of nitrogens with one attached hydrogen (secondary N) is 1. The lowest BCUT2D eigenvalue weighted by molar-refractivity contribution is 0.0635. The molecule has 2 rings (SSSR count). The first-order valence-corrected chi connectivity index (χ1v) is 8.27. The van der Waals surface area contributed by atoms with E-state index in [9.17, 15) is 0 Å². The summed E-state index contributed by atoms with van der Waals surface area (Å²) in [6, 6.07) is 10.6. The lowest BCUT2D eigenvalue weighted by Crippen LogP contribution is -2.55. The monoisotopic (exact) mass is 289 g/mol. The van der Waals surface area contributed by atoms with Crippen molar-refractivity contribution in [1.82, 2.24) is 15.1 Å². The van der Waals surface area contributed by atoms with Crippen LogP contribution in [0, 0.1) is 6.92 Å². The van der Waals surface area contributed by atoms with Crippen molar-refractivity contribution in [3.8, 4) is 0 Å². The maximum absolute atomic E-state index is 3.69. The summed E-state index contributed by atoms with van der Waals surface area (Å²) in [6.07, 6.45) is 0. The molecule has 1 N–H and O–H groups in total. The average molecular weight is 289 g/mol. The summed E-state index contributed by atoms with van der Waals surface area (Å²) in [5, 5.41) is 3.69. The van der Waals surface area contributed by atoms with E-state index in [2.05, 4.69) is 74.1 Å². The minimum absolute atomic E-state index is 0.409. The van der Waals surface area contributed by atoms with Gasteiger partial charge >= 0.3 is 0 Å². The molecule has 3 atom stereocenters. The van der Waals surface area contributed by atoms with Crippen LogP contribution < -0.4 is 5.32 Å². The molecule has 21 heavy (non-hydrogen) atoms. The number of piperazine rings is 1. The van der Waals surface area contributed by atoms with Gasteiger partial charge in [-0.15, -0.1) is 0 Å². The number of hydrogen-bond acceptors (Lipinski definition) is 3. The van der Waals surface area contributed by atoms with Gasteiger partial charge in [0.1, 0.15) is 0 Å². The molecule has 0 radical (unpaired) electrons. The molecule has 3 unspecified atom stereocenters. The zero-order chi connectivity index (χ0) is 15.4. The summed E-state index contributed by atoms with van der Waals surface area (Å²) in [5.41, 5.74) is 2.73. The number of aryl methyl sites for hydroxylation is 1. The molecule has 0 aromatic heterocycles. The highest BCUT2D eigenvalue weighted by Gasteiger charge is 2.29. The van der Waals surface area contributed by atoms with Gasteiger partial charge in [-0.25, -0.2) is 0 Å². The van der Waals surface area contributed by atoms with Crippen LogP contribution in [0.1, 0.15) is 37.9 Å². The first-order valence-electron chi connectivity index (χ1n) is 8.27. The lowest BCUT2D eigenvalue weighted by atomic mass is 9.97. The molecule has 1 saturated heterocycles. The Kier molecular flexibility index (Phi) is 5.80. The Bertz CT molecular complexity index is 429. The van der Waals surface area contributed by atoms with Gasteiger partial charge in [0, 0.05) is 37.8 Å². The number of hydrogen-bond donors (Lipinski definition) is 1. The van der Waals surface area contributed by atoms with E-state index in [0.29, 0.717) is 18.1 Å². The molecule has 0 bridgehead atoms. The Morgan fingerprint density at radius 1 is 1.24 bits per heavy atom. The first kappa shape index (κ1) is 16.5. The third-order valence-corrected chi connectivity index (χ3v) is 4.91. The molecule has 1 aromatic rings. The van der Waals surface area contributed by atoms with Crippen LogP contribution in [-0.2, 0) is 0 Å². The van der Waals surface area contributed by atoms with Crippen LogP contribution in [-0.4, -0.2) is 55.1 Å². The Balaban J connectivity index is 2.11. The third-order valence-electron chi connectivity index (χ3n) is 4.91. The minimum atomic E-state index is 0.409. The molecular formula is C18H31N3. The minimum Gasteiger partial charge on any atom is -0.309 e. The molecule has 3 heteroatoms. The van der Waals surface area contributed by atoms with E-state index in [-0.39, 0.29) is 0 Å². The van der Waals surface area contributed by atoms with Gasteiger partial charge in [0.25, 0.3) is 0 Å². The molecule has 1 aromatic carbocycles. The number of nitrogens with zero attached hydrogens (tertiary/aromatic N) is 2. The van der Waals surface area contributed by atoms with Gasteiger partial charge < -0.3 is 10.2 Å². The average Bonchev–Trinajstić information content (AvgIpc) is 2.48. The second-order valence-electron chi connectivity index (χ2n) is 6.51. The quantitative estimate of drug-likeness (QED) is 0.899. The van der Waals surface area contributed by atoms with Crippen LogP contribution in [0.4, 0.5) is 0 Å². The second-order valence-corrected chi connectivity index (χ2v) is 6.51. The van der Waals surface area contributed by atoms with Crippen LogP contribution in [0.15, 0.2) is 24.3 Å². The van der Waals surface area contributed by atoms with Gasteiger partial charge in [0.2, 0.25) is 0 Å². The van der Waals surface area contributed by atoms with E-state index in [0.717, 1.165) is 26.2 Å². The molecular weight excluding hydrogens is 258 g/mol. The summed E-state index contributed by atoms with van der Waals surface area (Å²) in [5.74, 6) is 0. The highest BCUT2D eigenvalue weighted by Crippen LogP contribution is 2.23. The van der Waals surface area contributed by atoms with Crippen LogP contribution in [0.2, 0.25) is 0 Å². The maximum Gasteiger partial charge on any atom is 0.0475 e. The smallest absolute Gasteiger partial charge is 0.0475 e. The maximum atomic E-state index is 3.69. The van der Waals surface area contributed by atoms with Gasteiger partial charge in [0.15, 0.2) is 0 Å². The van der Waals surface area contributed by atoms with Crippen molar-refractivity contribution >= 4 is 0 Å². The Morgan fingerprint density at radius 2 is 1.90 bits per heavy atom. The molecule has 1 heterocycles. The van der Waals surface area contributed by atoms with E-state index in [4.69, 9.17) is 0 Å². The molecule has 0 amide bonds. The molecule has 118 valence electrons. The third kappa shape index (κ3) is 4.06. The van der Waals surface area contributed by atoms with Crippen molar-refractivity contribution in [1.29, 1.82) is 0 Å². The zero-order valence-electron chi connectivity index (χ0n) is 14.3. The van der Waals surface area contributed by atoms with Gasteiger partial charge in [0.05, 0.1) is 0 Å². The van der Waals surface area contributed by atoms with Crippen LogP contribution in [0.5, 0.6) is 0 Å². The van der Waals surface area contributed by atoms with Crippen molar-refractivity contribution in [3.63, 3.8) is 0 Å². The van der Waals surface area contributed by atoms with E-state index in [1.54, 1.807) is 0 Å². The van der Waals surface area contributed by atoms with Gasteiger partial charge in [-0.1, -0.05) is 36.8 Å². The summed E-state index contributed by atoms with van der Waals surface area (Å²) in [7, 11) is 2.23.